The molecule has 0 atom stereocenters. The molecule has 0 saturated heterocycles. The molecule has 0 spiro atoms. The Kier molecular flexibility index (Phi) is 4.23. The largest absolute Gasteiger partial charge is 0.356 e. The van der Waals surface area contributed by atoms with Gasteiger partial charge in [0.25, 0.3) is 0 Å². The molecule has 1 saturated carbocycles. The molecule has 1 aliphatic rings. The predicted octanol–water partition coefficient (Wildman–Crippen LogP) is 1.63. The zero-order valence-electron chi connectivity index (χ0n) is 11.8. The molecule has 0 bridgehead atoms. The minimum absolute atomic E-state index is 0.0396. The standard InChI is InChI=1S/C15H18N4O2/c20-14(4-1-11-5-8-16-9-6-11)17-10-7-13-18-15(21-19-13)12-2-3-12/h5-6,8-9,12H,1-4,7,10H2,(H,17,20). The first-order chi connectivity index (χ1) is 10.3. The third-order valence-electron chi connectivity index (χ3n) is 3.47. The Morgan fingerprint density at radius 3 is 2.86 bits per heavy atom. The minimum Gasteiger partial charge on any atom is -0.356 e. The van der Waals surface area contributed by atoms with E-state index in [0.29, 0.717) is 31.1 Å². The van der Waals surface area contributed by atoms with Gasteiger partial charge >= 0.3 is 0 Å². The maximum Gasteiger partial charge on any atom is 0.229 e. The maximum atomic E-state index is 11.7. The Bertz CT molecular complexity index is 593. The lowest BCUT2D eigenvalue weighted by atomic mass is 10.1. The second kappa shape index (κ2) is 6.47. The molecular formula is C15H18N4O2. The fourth-order valence-corrected chi connectivity index (χ4v) is 2.07. The fourth-order valence-electron chi connectivity index (χ4n) is 2.07. The number of rotatable bonds is 7. The maximum absolute atomic E-state index is 11.7. The molecular weight excluding hydrogens is 268 g/mol. The highest BCUT2D eigenvalue weighted by Gasteiger charge is 2.29. The van der Waals surface area contributed by atoms with Crippen LogP contribution in [0.1, 0.15) is 42.5 Å². The molecule has 0 radical (unpaired) electrons. The van der Waals surface area contributed by atoms with Crippen molar-refractivity contribution < 1.29 is 9.32 Å². The Morgan fingerprint density at radius 2 is 2.10 bits per heavy atom. The van der Waals surface area contributed by atoms with Crippen LogP contribution in [0.4, 0.5) is 0 Å². The van der Waals surface area contributed by atoms with Crippen molar-refractivity contribution in [1.29, 1.82) is 0 Å². The van der Waals surface area contributed by atoms with E-state index >= 15 is 0 Å². The van der Waals surface area contributed by atoms with Gasteiger partial charge in [0.05, 0.1) is 0 Å². The summed E-state index contributed by atoms with van der Waals surface area (Å²) in [5, 5.41) is 6.80. The fraction of sp³-hybridized carbons (Fsp3) is 0.467. The van der Waals surface area contributed by atoms with Gasteiger partial charge in [-0.05, 0) is 37.0 Å². The van der Waals surface area contributed by atoms with Crippen molar-refractivity contribution in [3.8, 4) is 0 Å². The molecule has 6 nitrogen and oxygen atoms in total. The van der Waals surface area contributed by atoms with Crippen LogP contribution in [0.5, 0.6) is 0 Å². The number of hydrogen-bond donors (Lipinski definition) is 1. The molecule has 21 heavy (non-hydrogen) atoms. The van der Waals surface area contributed by atoms with Crippen molar-refractivity contribution in [2.45, 2.75) is 38.0 Å². The van der Waals surface area contributed by atoms with Crippen molar-refractivity contribution in [2.75, 3.05) is 6.54 Å². The van der Waals surface area contributed by atoms with Crippen molar-refractivity contribution in [1.82, 2.24) is 20.4 Å². The van der Waals surface area contributed by atoms with Crippen LogP contribution in [0.25, 0.3) is 0 Å². The third kappa shape index (κ3) is 4.11. The number of aryl methyl sites for hydroxylation is 1. The van der Waals surface area contributed by atoms with Gasteiger partial charge in [-0.1, -0.05) is 5.16 Å². The summed E-state index contributed by atoms with van der Waals surface area (Å²) in [5.74, 6) is 1.93. The average Bonchev–Trinajstić information content (AvgIpc) is 3.26. The molecule has 2 aromatic rings. The molecule has 6 heteroatoms. The Labute approximate surface area is 123 Å². The van der Waals surface area contributed by atoms with Gasteiger partial charge in [-0.15, -0.1) is 0 Å². The molecule has 2 heterocycles. The summed E-state index contributed by atoms with van der Waals surface area (Å²) in [7, 11) is 0. The summed E-state index contributed by atoms with van der Waals surface area (Å²) in [6, 6.07) is 3.85. The summed E-state index contributed by atoms with van der Waals surface area (Å²) < 4.78 is 5.17. The van der Waals surface area contributed by atoms with Gasteiger partial charge in [0.15, 0.2) is 5.82 Å². The van der Waals surface area contributed by atoms with Crippen LogP contribution in [-0.4, -0.2) is 27.6 Å². The second-order valence-corrected chi connectivity index (χ2v) is 5.28. The summed E-state index contributed by atoms with van der Waals surface area (Å²) in [5.41, 5.74) is 1.12. The zero-order chi connectivity index (χ0) is 14.5. The molecule has 0 unspecified atom stereocenters. The highest BCUT2D eigenvalue weighted by molar-refractivity contribution is 5.76. The molecule has 0 aliphatic heterocycles. The van der Waals surface area contributed by atoms with E-state index in [9.17, 15) is 4.79 Å². The normalized spacial score (nSPS) is 14.1. The molecule has 1 amide bonds. The smallest absolute Gasteiger partial charge is 0.229 e. The number of carbonyl (C=O) groups excluding carboxylic acids is 1. The first-order valence-electron chi connectivity index (χ1n) is 7.29. The van der Waals surface area contributed by atoms with E-state index in [2.05, 4.69) is 20.4 Å². The number of amides is 1. The molecule has 1 N–H and O–H groups in total. The summed E-state index contributed by atoms with van der Waals surface area (Å²) in [4.78, 5) is 20.0. The topological polar surface area (TPSA) is 80.9 Å². The van der Waals surface area contributed by atoms with Crippen molar-refractivity contribution in [3.05, 3.63) is 41.8 Å². The van der Waals surface area contributed by atoms with Crippen LogP contribution < -0.4 is 5.32 Å². The van der Waals surface area contributed by atoms with Crippen LogP contribution in [-0.2, 0) is 17.6 Å². The van der Waals surface area contributed by atoms with Crippen LogP contribution in [0, 0.1) is 0 Å². The molecule has 0 aromatic carbocycles. The van der Waals surface area contributed by atoms with E-state index < -0.39 is 0 Å². The summed E-state index contributed by atoms with van der Waals surface area (Å²) >= 11 is 0. The van der Waals surface area contributed by atoms with E-state index in [0.717, 1.165) is 30.7 Å². The summed E-state index contributed by atoms with van der Waals surface area (Å²) in [6.07, 6.45) is 7.58. The van der Waals surface area contributed by atoms with Crippen molar-refractivity contribution in [3.63, 3.8) is 0 Å². The number of nitrogens with zero attached hydrogens (tertiary/aromatic N) is 3. The lowest BCUT2D eigenvalue weighted by Crippen LogP contribution is -2.26. The van der Waals surface area contributed by atoms with Crippen LogP contribution in [0.2, 0.25) is 0 Å². The lowest BCUT2D eigenvalue weighted by Gasteiger charge is -2.03. The number of hydrogen-bond acceptors (Lipinski definition) is 5. The van der Waals surface area contributed by atoms with E-state index in [1.165, 1.54) is 0 Å². The highest BCUT2D eigenvalue weighted by atomic mass is 16.5. The zero-order valence-corrected chi connectivity index (χ0v) is 11.8. The summed E-state index contributed by atoms with van der Waals surface area (Å²) in [6.45, 7) is 0.540. The minimum atomic E-state index is 0.0396. The van der Waals surface area contributed by atoms with E-state index in [1.54, 1.807) is 12.4 Å². The Hall–Kier alpha value is -2.24. The van der Waals surface area contributed by atoms with Gasteiger partial charge < -0.3 is 9.84 Å². The molecule has 1 aliphatic carbocycles. The Morgan fingerprint density at radius 1 is 1.29 bits per heavy atom. The van der Waals surface area contributed by atoms with Gasteiger partial charge in [-0.3, -0.25) is 9.78 Å². The van der Waals surface area contributed by atoms with Gasteiger partial charge in [-0.25, -0.2) is 0 Å². The van der Waals surface area contributed by atoms with E-state index in [1.807, 2.05) is 12.1 Å². The van der Waals surface area contributed by atoms with E-state index in [4.69, 9.17) is 4.52 Å². The van der Waals surface area contributed by atoms with Crippen LogP contribution >= 0.6 is 0 Å². The first kappa shape index (κ1) is 13.7. The third-order valence-corrected chi connectivity index (χ3v) is 3.47. The molecule has 3 rings (SSSR count). The van der Waals surface area contributed by atoms with Crippen molar-refractivity contribution in [2.24, 2.45) is 0 Å². The number of aromatic nitrogens is 3. The second-order valence-electron chi connectivity index (χ2n) is 5.28. The highest BCUT2D eigenvalue weighted by Crippen LogP contribution is 2.38. The Balaban J connectivity index is 1.35. The predicted molar refractivity (Wildman–Crippen MR) is 75.5 cm³/mol. The number of pyridine rings is 1. The SMILES string of the molecule is O=C(CCc1ccncc1)NCCc1noc(C2CC2)n1. The lowest BCUT2D eigenvalue weighted by molar-refractivity contribution is -0.121. The van der Waals surface area contributed by atoms with Crippen LogP contribution in [0.15, 0.2) is 29.0 Å². The average molecular weight is 286 g/mol. The van der Waals surface area contributed by atoms with Crippen molar-refractivity contribution >= 4 is 5.91 Å². The van der Waals surface area contributed by atoms with Gasteiger partial charge in [0.1, 0.15) is 0 Å². The number of carbonyl (C=O) groups is 1. The first-order valence-corrected chi connectivity index (χ1v) is 7.29. The van der Waals surface area contributed by atoms with Gasteiger partial charge in [0.2, 0.25) is 11.8 Å². The van der Waals surface area contributed by atoms with Crippen LogP contribution in [0.3, 0.4) is 0 Å². The monoisotopic (exact) mass is 286 g/mol. The van der Waals surface area contributed by atoms with Gasteiger partial charge in [-0.2, -0.15) is 4.98 Å². The molecule has 110 valence electrons. The molecule has 2 aromatic heterocycles. The number of nitrogens with one attached hydrogen (secondary N) is 1. The van der Waals surface area contributed by atoms with E-state index in [-0.39, 0.29) is 5.91 Å². The van der Waals surface area contributed by atoms with Gasteiger partial charge in [0, 0.05) is 37.7 Å². The quantitative estimate of drug-likeness (QED) is 0.836. The molecule has 1 fully saturated rings.